The van der Waals surface area contributed by atoms with Gasteiger partial charge in [0.05, 0.1) is 0 Å². The van der Waals surface area contributed by atoms with Crippen LogP contribution < -0.4 is 9.47 Å². The highest BCUT2D eigenvalue weighted by Gasteiger charge is 2.09. The molecule has 0 aliphatic rings. The van der Waals surface area contributed by atoms with Crippen molar-refractivity contribution < 1.29 is 23.8 Å². The van der Waals surface area contributed by atoms with E-state index in [9.17, 15) is 9.18 Å². The maximum Gasteiger partial charge on any atom is 0.311 e. The fraction of sp³-hybridized carbons (Fsp3) is 0.250. The van der Waals surface area contributed by atoms with E-state index in [4.69, 9.17) is 14.6 Å². The van der Waals surface area contributed by atoms with Crippen LogP contribution in [0.1, 0.15) is 19.8 Å². The molecule has 0 bridgehead atoms. The fourth-order valence-corrected chi connectivity index (χ4v) is 1.12. The summed E-state index contributed by atoms with van der Waals surface area (Å²) in [7, 11) is 0. The molecule has 5 heteroatoms. The monoisotopic (exact) mass is 240 g/mol. The molecule has 17 heavy (non-hydrogen) atoms. The van der Waals surface area contributed by atoms with E-state index >= 15 is 0 Å². The van der Waals surface area contributed by atoms with Crippen LogP contribution in [0.5, 0.6) is 11.5 Å². The van der Waals surface area contributed by atoms with Gasteiger partial charge in [-0.15, -0.1) is 0 Å². The molecule has 0 unspecified atom stereocenters. The summed E-state index contributed by atoms with van der Waals surface area (Å²) in [5.74, 6) is -1.11. The van der Waals surface area contributed by atoms with Crippen molar-refractivity contribution in [1.29, 1.82) is 0 Å². The Bertz CT molecular complexity index is 415. The first-order valence-corrected chi connectivity index (χ1v) is 5.13. The number of aliphatic hydroxyl groups excluding tert-OH is 1. The standard InChI is InChI=1S/C12H13FO4/c1-2-3-12(15)17-11-5-4-9(8-10(11)13)16-7-6-14/h4-8,14H,2-3H2,1H3. The van der Waals surface area contributed by atoms with Gasteiger partial charge < -0.3 is 14.6 Å². The zero-order valence-corrected chi connectivity index (χ0v) is 9.35. The number of benzene rings is 1. The summed E-state index contributed by atoms with van der Waals surface area (Å²) in [6.45, 7) is 1.83. The fourth-order valence-electron chi connectivity index (χ4n) is 1.12. The van der Waals surface area contributed by atoms with Gasteiger partial charge in [0.2, 0.25) is 0 Å². The molecule has 0 saturated carbocycles. The van der Waals surface area contributed by atoms with E-state index in [0.717, 1.165) is 12.3 Å². The van der Waals surface area contributed by atoms with Crippen molar-refractivity contribution in [2.75, 3.05) is 0 Å². The van der Waals surface area contributed by atoms with E-state index in [1.165, 1.54) is 12.1 Å². The molecule has 0 heterocycles. The van der Waals surface area contributed by atoms with Crippen LogP contribution in [-0.4, -0.2) is 11.1 Å². The Labute approximate surface area is 98.3 Å². The van der Waals surface area contributed by atoms with Gasteiger partial charge in [-0.05, 0) is 18.6 Å². The van der Waals surface area contributed by atoms with Crippen LogP contribution in [0.25, 0.3) is 0 Å². The Kier molecular flexibility index (Phi) is 5.00. The number of carbonyl (C=O) groups excluding carboxylic acids is 1. The summed E-state index contributed by atoms with van der Waals surface area (Å²) in [5, 5.41) is 8.36. The lowest BCUT2D eigenvalue weighted by molar-refractivity contribution is -0.134. The van der Waals surface area contributed by atoms with Crippen LogP contribution in [0, 0.1) is 5.82 Å². The molecule has 0 spiro atoms. The number of hydrogen-bond acceptors (Lipinski definition) is 4. The van der Waals surface area contributed by atoms with Crippen LogP contribution >= 0.6 is 0 Å². The van der Waals surface area contributed by atoms with Crippen molar-refractivity contribution in [2.24, 2.45) is 0 Å². The quantitative estimate of drug-likeness (QED) is 0.488. The minimum absolute atomic E-state index is 0.135. The van der Waals surface area contributed by atoms with Crippen LogP contribution in [0.3, 0.4) is 0 Å². The van der Waals surface area contributed by atoms with E-state index in [0.29, 0.717) is 12.7 Å². The number of aliphatic hydroxyl groups is 1. The molecular weight excluding hydrogens is 227 g/mol. The van der Waals surface area contributed by atoms with Crippen molar-refractivity contribution in [2.45, 2.75) is 19.8 Å². The third-order valence-corrected chi connectivity index (χ3v) is 1.85. The van der Waals surface area contributed by atoms with Gasteiger partial charge in [0.1, 0.15) is 18.3 Å². The van der Waals surface area contributed by atoms with Crippen LogP contribution in [0.4, 0.5) is 4.39 Å². The second-order valence-electron chi connectivity index (χ2n) is 3.22. The topological polar surface area (TPSA) is 55.8 Å². The molecule has 0 aliphatic carbocycles. The number of rotatable bonds is 5. The second-order valence-corrected chi connectivity index (χ2v) is 3.22. The van der Waals surface area contributed by atoms with Gasteiger partial charge in [0.15, 0.2) is 11.6 Å². The molecular formula is C12H13FO4. The normalized spacial score (nSPS) is 10.5. The van der Waals surface area contributed by atoms with Crippen molar-refractivity contribution in [3.63, 3.8) is 0 Å². The Balaban J connectivity index is 2.72. The first kappa shape index (κ1) is 13.0. The Hall–Kier alpha value is -2.04. The summed E-state index contributed by atoms with van der Waals surface area (Å²) in [6, 6.07) is 3.79. The molecule has 4 nitrogen and oxygen atoms in total. The molecule has 92 valence electrons. The van der Waals surface area contributed by atoms with Crippen molar-refractivity contribution in [1.82, 2.24) is 0 Å². The van der Waals surface area contributed by atoms with Gasteiger partial charge in [-0.1, -0.05) is 6.92 Å². The summed E-state index contributed by atoms with van der Waals surface area (Å²) < 4.78 is 23.1. The van der Waals surface area contributed by atoms with Crippen LogP contribution in [0.2, 0.25) is 0 Å². The van der Waals surface area contributed by atoms with Crippen LogP contribution in [-0.2, 0) is 4.79 Å². The van der Waals surface area contributed by atoms with E-state index < -0.39 is 11.8 Å². The molecule has 0 atom stereocenters. The third-order valence-electron chi connectivity index (χ3n) is 1.85. The molecule has 0 saturated heterocycles. The van der Waals surface area contributed by atoms with Gasteiger partial charge in [0, 0.05) is 12.5 Å². The SMILES string of the molecule is CCCC(=O)Oc1ccc(OC=CO)cc1F. The molecule has 1 aromatic carbocycles. The summed E-state index contributed by atoms with van der Waals surface area (Å²) in [5.41, 5.74) is 0. The highest BCUT2D eigenvalue weighted by molar-refractivity contribution is 5.72. The minimum Gasteiger partial charge on any atom is -0.512 e. The van der Waals surface area contributed by atoms with Crippen LogP contribution in [0.15, 0.2) is 30.7 Å². The molecule has 0 radical (unpaired) electrons. The van der Waals surface area contributed by atoms with Gasteiger partial charge in [0.25, 0.3) is 0 Å². The molecule has 0 amide bonds. The predicted octanol–water partition coefficient (Wildman–Crippen LogP) is 2.94. The van der Waals surface area contributed by atoms with Gasteiger partial charge in [-0.3, -0.25) is 4.79 Å². The number of ether oxygens (including phenoxy) is 2. The lowest BCUT2D eigenvalue weighted by Gasteiger charge is -2.06. The Morgan fingerprint density at radius 3 is 2.88 bits per heavy atom. The summed E-state index contributed by atoms with van der Waals surface area (Å²) >= 11 is 0. The first-order valence-electron chi connectivity index (χ1n) is 5.13. The average Bonchev–Trinajstić information content (AvgIpc) is 2.30. The molecule has 1 aromatic rings. The number of carbonyl (C=O) groups is 1. The third kappa shape index (κ3) is 4.14. The van der Waals surface area contributed by atoms with Crippen molar-refractivity contribution in [3.05, 3.63) is 36.5 Å². The molecule has 1 rings (SSSR count). The summed E-state index contributed by atoms with van der Waals surface area (Å²) in [4.78, 5) is 11.2. The van der Waals surface area contributed by atoms with E-state index in [1.54, 1.807) is 0 Å². The Morgan fingerprint density at radius 1 is 1.53 bits per heavy atom. The largest absolute Gasteiger partial charge is 0.512 e. The van der Waals surface area contributed by atoms with Gasteiger partial charge >= 0.3 is 5.97 Å². The zero-order valence-electron chi connectivity index (χ0n) is 9.35. The maximum absolute atomic E-state index is 13.4. The molecule has 0 aliphatic heterocycles. The predicted molar refractivity (Wildman–Crippen MR) is 59.3 cm³/mol. The maximum atomic E-state index is 13.4. The highest BCUT2D eigenvalue weighted by Crippen LogP contribution is 2.23. The van der Waals surface area contributed by atoms with Gasteiger partial charge in [-0.2, -0.15) is 0 Å². The number of hydrogen-bond donors (Lipinski definition) is 1. The van der Waals surface area contributed by atoms with E-state index in [-0.39, 0.29) is 17.9 Å². The lowest BCUT2D eigenvalue weighted by Crippen LogP contribution is -2.08. The average molecular weight is 240 g/mol. The van der Waals surface area contributed by atoms with E-state index in [1.807, 2.05) is 6.92 Å². The lowest BCUT2D eigenvalue weighted by atomic mass is 10.3. The number of halogens is 1. The highest BCUT2D eigenvalue weighted by atomic mass is 19.1. The molecule has 0 fully saturated rings. The molecule has 0 aromatic heterocycles. The summed E-state index contributed by atoms with van der Waals surface area (Å²) in [6.07, 6.45) is 2.57. The van der Waals surface area contributed by atoms with E-state index in [2.05, 4.69) is 0 Å². The smallest absolute Gasteiger partial charge is 0.311 e. The Morgan fingerprint density at radius 2 is 2.29 bits per heavy atom. The van der Waals surface area contributed by atoms with Gasteiger partial charge in [-0.25, -0.2) is 4.39 Å². The van der Waals surface area contributed by atoms with Crippen molar-refractivity contribution >= 4 is 5.97 Å². The molecule has 1 N–H and O–H groups in total. The minimum atomic E-state index is -0.696. The first-order chi connectivity index (χ1) is 8.17. The second kappa shape index (κ2) is 6.52. The number of esters is 1. The zero-order chi connectivity index (χ0) is 12.7. The van der Waals surface area contributed by atoms with Crippen molar-refractivity contribution in [3.8, 4) is 11.5 Å².